The van der Waals surface area contributed by atoms with Crippen molar-refractivity contribution < 1.29 is 8.42 Å². The Hall–Kier alpha value is -0.820. The van der Waals surface area contributed by atoms with Crippen LogP contribution in [0.25, 0.3) is 0 Å². The standard InChI is InChI=1S/C13H23N3O2S.ClH/c1-4-16(5-2)12-8-6-11(7-9-12)10-13(14)15-19(3,17)18;/h6-9,13,15H,4-5,10,14H2,1-3H3;1H. The van der Waals surface area contributed by atoms with Gasteiger partial charge in [0.2, 0.25) is 10.0 Å². The van der Waals surface area contributed by atoms with Crippen molar-refractivity contribution in [3.05, 3.63) is 29.8 Å². The van der Waals surface area contributed by atoms with Gasteiger partial charge in [0, 0.05) is 25.2 Å². The summed E-state index contributed by atoms with van der Waals surface area (Å²) in [5.74, 6) is 0. The van der Waals surface area contributed by atoms with Gasteiger partial charge in [0.25, 0.3) is 0 Å². The van der Waals surface area contributed by atoms with E-state index in [1.54, 1.807) is 0 Å². The van der Waals surface area contributed by atoms with Crippen LogP contribution in [0.15, 0.2) is 24.3 Å². The van der Waals surface area contributed by atoms with Gasteiger partial charge in [-0.05, 0) is 31.5 Å². The summed E-state index contributed by atoms with van der Waals surface area (Å²) < 4.78 is 24.5. The van der Waals surface area contributed by atoms with Crippen molar-refractivity contribution in [1.29, 1.82) is 0 Å². The molecule has 1 aromatic rings. The minimum Gasteiger partial charge on any atom is -0.372 e. The van der Waals surface area contributed by atoms with Crippen LogP contribution in [0.4, 0.5) is 5.69 Å². The first kappa shape index (κ1) is 19.2. The normalized spacial score (nSPS) is 12.6. The van der Waals surface area contributed by atoms with Crippen molar-refractivity contribution >= 4 is 28.1 Å². The molecule has 1 unspecified atom stereocenters. The molecule has 0 amide bonds. The molecule has 0 aliphatic heterocycles. The topological polar surface area (TPSA) is 75.4 Å². The molecule has 5 nitrogen and oxygen atoms in total. The van der Waals surface area contributed by atoms with Gasteiger partial charge in [0.15, 0.2) is 0 Å². The summed E-state index contributed by atoms with van der Waals surface area (Å²) in [6, 6.07) is 8.04. The summed E-state index contributed by atoms with van der Waals surface area (Å²) in [4.78, 5) is 2.25. The molecule has 0 aromatic heterocycles. The maximum atomic E-state index is 11.1. The van der Waals surface area contributed by atoms with Gasteiger partial charge in [-0.15, -0.1) is 12.4 Å². The van der Waals surface area contributed by atoms with E-state index in [2.05, 4.69) is 23.5 Å². The van der Waals surface area contributed by atoms with E-state index in [1.807, 2.05) is 24.3 Å². The van der Waals surface area contributed by atoms with E-state index in [0.717, 1.165) is 24.9 Å². The summed E-state index contributed by atoms with van der Waals surface area (Å²) in [6.45, 7) is 6.16. The number of halogens is 1. The Bertz CT molecular complexity index is 487. The predicted molar refractivity (Wildman–Crippen MR) is 86.9 cm³/mol. The second kappa shape index (κ2) is 8.46. The zero-order valence-corrected chi connectivity index (χ0v) is 13.8. The van der Waals surface area contributed by atoms with Crippen molar-refractivity contribution in [1.82, 2.24) is 4.72 Å². The maximum Gasteiger partial charge on any atom is 0.210 e. The highest BCUT2D eigenvalue weighted by molar-refractivity contribution is 7.88. The molecule has 0 aliphatic carbocycles. The van der Waals surface area contributed by atoms with Crippen LogP contribution in [-0.2, 0) is 16.4 Å². The Morgan fingerprint density at radius 1 is 1.20 bits per heavy atom. The van der Waals surface area contributed by atoms with Crippen LogP contribution in [0, 0.1) is 0 Å². The fourth-order valence-corrected chi connectivity index (χ4v) is 2.64. The molecule has 116 valence electrons. The molecule has 0 bridgehead atoms. The molecule has 20 heavy (non-hydrogen) atoms. The second-order valence-corrected chi connectivity index (χ2v) is 6.32. The lowest BCUT2D eigenvalue weighted by molar-refractivity contribution is 0.558. The van der Waals surface area contributed by atoms with Gasteiger partial charge in [0.1, 0.15) is 0 Å². The van der Waals surface area contributed by atoms with Gasteiger partial charge in [0.05, 0.1) is 12.4 Å². The highest BCUT2D eigenvalue weighted by Gasteiger charge is 2.10. The van der Waals surface area contributed by atoms with Crippen molar-refractivity contribution in [2.24, 2.45) is 5.73 Å². The Morgan fingerprint density at radius 2 is 1.70 bits per heavy atom. The molecule has 1 aromatic carbocycles. The molecular formula is C13H24ClN3O2S. The van der Waals surface area contributed by atoms with Gasteiger partial charge < -0.3 is 10.6 Å². The van der Waals surface area contributed by atoms with Gasteiger partial charge in [-0.1, -0.05) is 12.1 Å². The molecular weight excluding hydrogens is 298 g/mol. The molecule has 1 rings (SSSR count). The lowest BCUT2D eigenvalue weighted by Gasteiger charge is -2.21. The van der Waals surface area contributed by atoms with E-state index in [4.69, 9.17) is 5.73 Å². The van der Waals surface area contributed by atoms with Gasteiger partial charge >= 0.3 is 0 Å². The lowest BCUT2D eigenvalue weighted by atomic mass is 10.1. The van der Waals surface area contributed by atoms with Gasteiger partial charge in [-0.2, -0.15) is 4.72 Å². The van der Waals surface area contributed by atoms with Crippen LogP contribution < -0.4 is 15.4 Å². The molecule has 0 saturated heterocycles. The average Bonchev–Trinajstić information content (AvgIpc) is 2.30. The molecule has 0 heterocycles. The zero-order chi connectivity index (χ0) is 14.5. The molecule has 0 spiro atoms. The number of rotatable bonds is 7. The molecule has 0 aliphatic rings. The molecule has 0 fully saturated rings. The highest BCUT2D eigenvalue weighted by atomic mass is 35.5. The van der Waals surface area contributed by atoms with Crippen LogP contribution in [0.3, 0.4) is 0 Å². The number of sulfonamides is 1. The fourth-order valence-electron chi connectivity index (χ4n) is 2.00. The summed E-state index contributed by atoms with van der Waals surface area (Å²) in [6.07, 6.45) is 0.997. The number of nitrogens with zero attached hydrogens (tertiary/aromatic N) is 1. The van der Waals surface area contributed by atoms with Crippen molar-refractivity contribution in [3.8, 4) is 0 Å². The number of benzene rings is 1. The van der Waals surface area contributed by atoms with Crippen LogP contribution in [0.5, 0.6) is 0 Å². The van der Waals surface area contributed by atoms with Crippen molar-refractivity contribution in [2.75, 3.05) is 24.2 Å². The monoisotopic (exact) mass is 321 g/mol. The summed E-state index contributed by atoms with van der Waals surface area (Å²) >= 11 is 0. The van der Waals surface area contributed by atoms with Crippen molar-refractivity contribution in [2.45, 2.75) is 26.4 Å². The molecule has 0 radical (unpaired) electrons. The fraction of sp³-hybridized carbons (Fsp3) is 0.538. The quantitative estimate of drug-likeness (QED) is 0.743. The Morgan fingerprint density at radius 3 is 2.10 bits per heavy atom. The van der Waals surface area contributed by atoms with E-state index in [9.17, 15) is 8.42 Å². The smallest absolute Gasteiger partial charge is 0.210 e. The van der Waals surface area contributed by atoms with E-state index >= 15 is 0 Å². The lowest BCUT2D eigenvalue weighted by Crippen LogP contribution is -2.42. The first-order valence-electron chi connectivity index (χ1n) is 6.42. The SMILES string of the molecule is CCN(CC)c1ccc(CC(N)NS(C)(=O)=O)cc1.Cl. The van der Waals surface area contributed by atoms with E-state index in [0.29, 0.717) is 6.42 Å². The first-order valence-corrected chi connectivity index (χ1v) is 8.31. The molecule has 1 atom stereocenters. The largest absolute Gasteiger partial charge is 0.372 e. The highest BCUT2D eigenvalue weighted by Crippen LogP contribution is 2.15. The minimum absolute atomic E-state index is 0. The average molecular weight is 322 g/mol. The number of hydrogen-bond donors (Lipinski definition) is 2. The minimum atomic E-state index is -3.26. The third kappa shape index (κ3) is 6.56. The van der Waals surface area contributed by atoms with E-state index in [-0.39, 0.29) is 12.4 Å². The third-order valence-electron chi connectivity index (χ3n) is 2.89. The Labute approximate surface area is 128 Å². The van der Waals surface area contributed by atoms with E-state index < -0.39 is 16.2 Å². The second-order valence-electron chi connectivity index (χ2n) is 4.54. The predicted octanol–water partition coefficient (Wildman–Crippen LogP) is 1.33. The van der Waals surface area contributed by atoms with Gasteiger partial charge in [-0.3, -0.25) is 0 Å². The molecule has 0 saturated carbocycles. The number of nitrogens with two attached hydrogens (primary N) is 1. The van der Waals surface area contributed by atoms with Crippen LogP contribution in [0.1, 0.15) is 19.4 Å². The van der Waals surface area contributed by atoms with Gasteiger partial charge in [-0.25, -0.2) is 8.42 Å². The molecule has 7 heteroatoms. The maximum absolute atomic E-state index is 11.1. The zero-order valence-electron chi connectivity index (χ0n) is 12.2. The van der Waals surface area contributed by atoms with Crippen LogP contribution >= 0.6 is 12.4 Å². The number of anilines is 1. The number of nitrogens with one attached hydrogen (secondary N) is 1. The summed E-state index contributed by atoms with van der Waals surface area (Å²) in [7, 11) is -3.26. The van der Waals surface area contributed by atoms with E-state index in [1.165, 1.54) is 5.69 Å². The third-order valence-corrected chi connectivity index (χ3v) is 3.62. The summed E-state index contributed by atoms with van der Waals surface area (Å²) in [5, 5.41) is 0. The Balaban J connectivity index is 0.00000361. The van der Waals surface area contributed by atoms with Crippen molar-refractivity contribution in [3.63, 3.8) is 0 Å². The first-order chi connectivity index (χ1) is 8.85. The summed E-state index contributed by atoms with van der Waals surface area (Å²) in [5.41, 5.74) is 7.92. The van der Waals surface area contributed by atoms with Crippen LogP contribution in [-0.4, -0.2) is 33.9 Å². The molecule has 3 N–H and O–H groups in total. The number of hydrogen-bond acceptors (Lipinski definition) is 4. The van der Waals surface area contributed by atoms with Crippen LogP contribution in [0.2, 0.25) is 0 Å². The Kier molecular flexibility index (Phi) is 8.12.